The number of halogens is 2. The highest BCUT2D eigenvalue weighted by Crippen LogP contribution is 2.35. The first-order valence-corrected chi connectivity index (χ1v) is 10.4. The molecule has 0 spiro atoms. The third-order valence-corrected chi connectivity index (χ3v) is 5.69. The summed E-state index contributed by atoms with van der Waals surface area (Å²) >= 11 is 10.8. The summed E-state index contributed by atoms with van der Waals surface area (Å²) in [5.74, 6) is 0.356. The van der Waals surface area contributed by atoms with Crippen molar-refractivity contribution in [1.82, 2.24) is 5.32 Å². The molecule has 7 nitrogen and oxygen atoms in total. The smallest absolute Gasteiger partial charge is 0.260 e. The summed E-state index contributed by atoms with van der Waals surface area (Å²) in [6.45, 7) is -0.211. The zero-order valence-electron chi connectivity index (χ0n) is 15.2. The molecule has 1 unspecified atom stereocenters. The Bertz CT molecular complexity index is 986. The number of nitrogens with two attached hydrogens (primary N) is 1. The second-order valence-electron chi connectivity index (χ2n) is 5.91. The number of carbonyl (C=O) groups is 2. The number of carbonyl (C=O) groups excluding carboxylic acids is 2. The predicted octanol–water partition coefficient (Wildman–Crippen LogP) is 3.57. The Morgan fingerprint density at radius 1 is 1.34 bits per heavy atom. The standard InChI is InChI=1S/C19H17BrClN3O4S/c1-27-15-5-3-11(21)8-13(15)23-19-24-18(26)16(29-19)7-10-2-4-14(12(20)6-10)28-9-17(22)25/h2-8,19,23H,9H2,1H3,(H2,22,25)(H,24,26)/b16-7-. The summed E-state index contributed by atoms with van der Waals surface area (Å²) in [5.41, 5.74) is 6.18. The number of amides is 2. The van der Waals surface area contributed by atoms with Gasteiger partial charge in [0.25, 0.3) is 11.8 Å². The van der Waals surface area contributed by atoms with Crippen molar-refractivity contribution < 1.29 is 19.1 Å². The number of primary amides is 1. The van der Waals surface area contributed by atoms with Crippen molar-refractivity contribution >= 4 is 62.9 Å². The summed E-state index contributed by atoms with van der Waals surface area (Å²) < 4.78 is 11.3. The molecule has 1 saturated heterocycles. The second kappa shape index (κ2) is 9.43. The van der Waals surface area contributed by atoms with Crippen molar-refractivity contribution in [2.75, 3.05) is 19.0 Å². The molecule has 4 N–H and O–H groups in total. The van der Waals surface area contributed by atoms with E-state index < -0.39 is 5.91 Å². The van der Waals surface area contributed by atoms with Crippen LogP contribution in [0.1, 0.15) is 5.56 Å². The van der Waals surface area contributed by atoms with Gasteiger partial charge in [0.2, 0.25) is 0 Å². The van der Waals surface area contributed by atoms with Gasteiger partial charge < -0.3 is 25.8 Å². The Hall–Kier alpha value is -2.36. The molecule has 0 saturated carbocycles. The van der Waals surface area contributed by atoms with Crippen LogP contribution in [-0.2, 0) is 9.59 Å². The van der Waals surface area contributed by atoms with Gasteiger partial charge in [-0.3, -0.25) is 9.59 Å². The highest BCUT2D eigenvalue weighted by Gasteiger charge is 2.28. The molecule has 29 heavy (non-hydrogen) atoms. The molecule has 2 aromatic carbocycles. The first kappa shape index (κ1) is 21.4. The molecule has 0 aromatic heterocycles. The van der Waals surface area contributed by atoms with Crippen LogP contribution in [0.25, 0.3) is 6.08 Å². The van der Waals surface area contributed by atoms with Gasteiger partial charge in [0.1, 0.15) is 11.5 Å². The number of methoxy groups -OCH3 is 1. The lowest BCUT2D eigenvalue weighted by molar-refractivity contribution is -0.120. The average Bonchev–Trinajstić information content (AvgIpc) is 3.00. The van der Waals surface area contributed by atoms with Crippen molar-refractivity contribution in [3.05, 3.63) is 56.4 Å². The molecule has 0 bridgehead atoms. The molecule has 2 aromatic rings. The quantitative estimate of drug-likeness (QED) is 0.504. The van der Waals surface area contributed by atoms with Crippen LogP contribution in [0.15, 0.2) is 45.8 Å². The predicted molar refractivity (Wildman–Crippen MR) is 118 cm³/mol. The molecule has 0 radical (unpaired) electrons. The number of hydrogen-bond donors (Lipinski definition) is 3. The first-order chi connectivity index (χ1) is 13.9. The van der Waals surface area contributed by atoms with Crippen LogP contribution >= 0.6 is 39.3 Å². The van der Waals surface area contributed by atoms with Crippen molar-refractivity contribution in [2.24, 2.45) is 5.73 Å². The van der Waals surface area contributed by atoms with Crippen molar-refractivity contribution in [3.8, 4) is 11.5 Å². The third-order valence-electron chi connectivity index (χ3n) is 3.80. The van der Waals surface area contributed by atoms with E-state index in [1.54, 1.807) is 49.6 Å². The molecule has 1 atom stereocenters. The maximum Gasteiger partial charge on any atom is 0.260 e. The summed E-state index contributed by atoms with van der Waals surface area (Å²) in [4.78, 5) is 23.7. The van der Waals surface area contributed by atoms with E-state index in [4.69, 9.17) is 26.8 Å². The number of thioether (sulfide) groups is 1. The minimum atomic E-state index is -0.558. The van der Waals surface area contributed by atoms with Gasteiger partial charge in [-0.1, -0.05) is 29.4 Å². The van der Waals surface area contributed by atoms with Gasteiger partial charge in [-0.25, -0.2) is 0 Å². The topological polar surface area (TPSA) is 103 Å². The van der Waals surface area contributed by atoms with Gasteiger partial charge in [0.05, 0.1) is 22.2 Å². The SMILES string of the molecule is COc1ccc(Cl)cc1NC1NC(=O)/C(=C/c2ccc(OCC(N)=O)c(Br)c2)S1. The van der Waals surface area contributed by atoms with Gasteiger partial charge in [0.15, 0.2) is 12.1 Å². The van der Waals surface area contributed by atoms with Gasteiger partial charge in [-0.05, 0) is 57.9 Å². The van der Waals surface area contributed by atoms with Crippen molar-refractivity contribution in [3.63, 3.8) is 0 Å². The Kier molecular flexibility index (Phi) is 6.94. The Morgan fingerprint density at radius 2 is 2.10 bits per heavy atom. The maximum atomic E-state index is 12.3. The molecule has 3 rings (SSSR count). The van der Waals surface area contributed by atoms with E-state index in [1.165, 1.54) is 11.8 Å². The molecule has 0 aliphatic carbocycles. The lowest BCUT2D eigenvalue weighted by Gasteiger charge is -2.15. The van der Waals surface area contributed by atoms with E-state index in [1.807, 2.05) is 0 Å². The van der Waals surface area contributed by atoms with Crippen LogP contribution in [0.2, 0.25) is 5.02 Å². The van der Waals surface area contributed by atoms with Crippen molar-refractivity contribution in [2.45, 2.75) is 5.50 Å². The van der Waals surface area contributed by atoms with Crippen LogP contribution in [0.3, 0.4) is 0 Å². The molecule has 1 aliphatic rings. The van der Waals surface area contributed by atoms with E-state index in [0.29, 0.717) is 31.6 Å². The molecular formula is C19H17BrClN3O4S. The molecule has 1 fully saturated rings. The minimum Gasteiger partial charge on any atom is -0.495 e. The maximum absolute atomic E-state index is 12.3. The largest absolute Gasteiger partial charge is 0.495 e. The van der Waals surface area contributed by atoms with E-state index in [9.17, 15) is 9.59 Å². The number of ether oxygens (including phenoxy) is 2. The number of anilines is 1. The summed E-state index contributed by atoms with van der Waals surface area (Å²) in [5, 5.41) is 6.62. The zero-order chi connectivity index (χ0) is 21.0. The monoisotopic (exact) mass is 497 g/mol. The van der Waals surface area contributed by atoms with Crippen LogP contribution in [0.5, 0.6) is 11.5 Å². The van der Waals surface area contributed by atoms with Crippen LogP contribution in [0.4, 0.5) is 5.69 Å². The van der Waals surface area contributed by atoms with Crippen molar-refractivity contribution in [1.29, 1.82) is 0 Å². The normalized spacial score (nSPS) is 17.1. The second-order valence-corrected chi connectivity index (χ2v) is 8.35. The highest BCUT2D eigenvalue weighted by atomic mass is 79.9. The molecule has 1 heterocycles. The lowest BCUT2D eigenvalue weighted by Crippen LogP contribution is -2.31. The highest BCUT2D eigenvalue weighted by molar-refractivity contribution is 9.10. The Balaban J connectivity index is 1.72. The van der Waals surface area contributed by atoms with E-state index >= 15 is 0 Å². The molecule has 1 aliphatic heterocycles. The zero-order valence-corrected chi connectivity index (χ0v) is 18.4. The summed E-state index contributed by atoms with van der Waals surface area (Å²) in [6, 6.07) is 10.5. The molecule has 10 heteroatoms. The van der Waals surface area contributed by atoms with Gasteiger partial charge in [-0.2, -0.15) is 0 Å². The van der Waals surface area contributed by atoms with Crippen LogP contribution < -0.4 is 25.8 Å². The number of rotatable bonds is 7. The summed E-state index contributed by atoms with van der Waals surface area (Å²) in [7, 11) is 1.56. The van der Waals surface area contributed by atoms with E-state index in [0.717, 1.165) is 5.56 Å². The fourth-order valence-corrected chi connectivity index (χ4v) is 4.18. The fourth-order valence-electron chi connectivity index (χ4n) is 2.52. The first-order valence-electron chi connectivity index (χ1n) is 8.35. The van der Waals surface area contributed by atoms with Crippen LogP contribution in [0, 0.1) is 0 Å². The number of nitrogens with one attached hydrogen (secondary N) is 2. The molecular weight excluding hydrogens is 482 g/mol. The Morgan fingerprint density at radius 3 is 2.79 bits per heavy atom. The summed E-state index contributed by atoms with van der Waals surface area (Å²) in [6.07, 6.45) is 1.76. The lowest BCUT2D eigenvalue weighted by atomic mass is 10.2. The Labute approximate surface area is 185 Å². The van der Waals surface area contributed by atoms with Crippen LogP contribution in [-0.4, -0.2) is 31.0 Å². The number of hydrogen-bond acceptors (Lipinski definition) is 6. The van der Waals surface area contributed by atoms with E-state index in [2.05, 4.69) is 26.6 Å². The number of benzene rings is 2. The van der Waals surface area contributed by atoms with Gasteiger partial charge in [0, 0.05) is 5.02 Å². The molecule has 2 amide bonds. The third kappa shape index (κ3) is 5.59. The fraction of sp³-hybridized carbons (Fsp3) is 0.158. The molecule has 152 valence electrons. The van der Waals surface area contributed by atoms with E-state index in [-0.39, 0.29) is 18.0 Å². The van der Waals surface area contributed by atoms with Gasteiger partial charge >= 0.3 is 0 Å². The average molecular weight is 499 g/mol. The minimum absolute atomic E-state index is 0.196. The van der Waals surface area contributed by atoms with Gasteiger partial charge in [-0.15, -0.1) is 0 Å².